The molecule has 3 rings (SSSR count). The van der Waals surface area contributed by atoms with Crippen molar-refractivity contribution in [3.8, 4) is 11.5 Å². The van der Waals surface area contributed by atoms with Gasteiger partial charge in [-0.1, -0.05) is 11.6 Å². The molecule has 1 aliphatic rings. The van der Waals surface area contributed by atoms with Crippen LogP contribution in [0.5, 0.6) is 11.5 Å². The summed E-state index contributed by atoms with van der Waals surface area (Å²) in [6.45, 7) is 6.29. The number of anilines is 2. The molecular formula is C19H25ClN4O3. The number of nitrogens with two attached hydrogens (primary N) is 1. The molecule has 1 fully saturated rings. The Kier molecular flexibility index (Phi) is 6.23. The smallest absolute Gasteiger partial charge is 0.222 e. The van der Waals surface area contributed by atoms with Crippen LogP contribution in [0.2, 0.25) is 5.02 Å². The zero-order chi connectivity index (χ0) is 19.4. The summed E-state index contributed by atoms with van der Waals surface area (Å²) in [4.78, 5) is 10.8. The van der Waals surface area contributed by atoms with Crippen molar-refractivity contribution in [3.05, 3.63) is 34.5 Å². The molecule has 27 heavy (non-hydrogen) atoms. The van der Waals surface area contributed by atoms with Crippen LogP contribution in [0.4, 0.5) is 11.8 Å². The first-order valence-electron chi connectivity index (χ1n) is 8.99. The molecular weight excluding hydrogens is 368 g/mol. The highest BCUT2D eigenvalue weighted by molar-refractivity contribution is 6.31. The third kappa shape index (κ3) is 4.36. The van der Waals surface area contributed by atoms with Crippen LogP contribution in [0.1, 0.15) is 30.6 Å². The number of aromatic nitrogens is 2. The number of hydrogen-bond acceptors (Lipinski definition) is 7. The zero-order valence-electron chi connectivity index (χ0n) is 15.9. The minimum atomic E-state index is -0.127. The predicted octanol–water partition coefficient (Wildman–Crippen LogP) is 3.40. The molecule has 0 aliphatic carbocycles. The third-order valence-corrected chi connectivity index (χ3v) is 4.76. The van der Waals surface area contributed by atoms with Gasteiger partial charge in [0, 0.05) is 36.0 Å². The van der Waals surface area contributed by atoms with Crippen LogP contribution in [0.15, 0.2) is 18.2 Å². The van der Waals surface area contributed by atoms with Crippen molar-refractivity contribution in [3.63, 3.8) is 0 Å². The normalized spacial score (nSPS) is 17.5. The third-order valence-electron chi connectivity index (χ3n) is 4.43. The molecule has 0 bridgehead atoms. The number of aryl methyl sites for hydroxylation is 1. The topological polar surface area (TPSA) is 82.7 Å². The Morgan fingerprint density at radius 2 is 2.11 bits per heavy atom. The van der Waals surface area contributed by atoms with E-state index in [1.165, 1.54) is 0 Å². The first-order valence-corrected chi connectivity index (χ1v) is 9.37. The largest absolute Gasteiger partial charge is 0.493 e. The van der Waals surface area contributed by atoms with E-state index in [1.807, 2.05) is 26.0 Å². The molecule has 2 heterocycles. The van der Waals surface area contributed by atoms with Gasteiger partial charge in [-0.25, -0.2) is 4.98 Å². The van der Waals surface area contributed by atoms with E-state index < -0.39 is 0 Å². The van der Waals surface area contributed by atoms with Crippen LogP contribution < -0.4 is 20.1 Å². The molecule has 1 aliphatic heterocycles. The SMILES string of the molecule is CCOc1cc(Cl)c([C@@H]2COCCCN2c2cc(C)nc(N)n2)cc1OC. The standard InChI is InChI=1S/C19H25ClN4O3/c1-4-27-17-10-14(20)13(9-16(17)25-3)15-11-26-7-5-6-24(15)18-8-12(2)22-19(21)23-18/h8-10,15H,4-7,11H2,1-3H3,(H2,21,22,23)/t15-/m0/s1. The number of nitrogens with zero attached hydrogens (tertiary/aromatic N) is 3. The van der Waals surface area contributed by atoms with Gasteiger partial charge in [-0.05, 0) is 31.9 Å². The van der Waals surface area contributed by atoms with Gasteiger partial charge < -0.3 is 24.8 Å². The summed E-state index contributed by atoms with van der Waals surface area (Å²) in [6.07, 6.45) is 0.880. The van der Waals surface area contributed by atoms with Crippen LogP contribution in [-0.4, -0.2) is 43.4 Å². The second-order valence-electron chi connectivity index (χ2n) is 6.32. The van der Waals surface area contributed by atoms with Gasteiger partial charge in [0.1, 0.15) is 5.82 Å². The zero-order valence-corrected chi connectivity index (χ0v) is 16.6. The summed E-state index contributed by atoms with van der Waals surface area (Å²) in [6, 6.07) is 5.51. The maximum atomic E-state index is 6.62. The van der Waals surface area contributed by atoms with Crippen molar-refractivity contribution in [2.45, 2.75) is 26.3 Å². The molecule has 1 saturated heterocycles. The Hall–Kier alpha value is -2.25. The molecule has 0 radical (unpaired) electrons. The second-order valence-corrected chi connectivity index (χ2v) is 6.73. The van der Waals surface area contributed by atoms with Crippen molar-refractivity contribution >= 4 is 23.4 Å². The first kappa shape index (κ1) is 19.5. The summed E-state index contributed by atoms with van der Waals surface area (Å²) in [5, 5.41) is 0.596. The van der Waals surface area contributed by atoms with Crippen molar-refractivity contribution in [2.75, 3.05) is 44.1 Å². The van der Waals surface area contributed by atoms with Gasteiger partial charge in [0.05, 0.1) is 26.4 Å². The molecule has 2 aromatic rings. The quantitative estimate of drug-likeness (QED) is 0.834. The van der Waals surface area contributed by atoms with Crippen LogP contribution in [-0.2, 0) is 4.74 Å². The Morgan fingerprint density at radius 1 is 1.30 bits per heavy atom. The number of nitrogen functional groups attached to an aromatic ring is 1. The van der Waals surface area contributed by atoms with Gasteiger partial charge in [0.25, 0.3) is 0 Å². The van der Waals surface area contributed by atoms with Crippen molar-refractivity contribution in [1.82, 2.24) is 9.97 Å². The Morgan fingerprint density at radius 3 is 2.81 bits per heavy atom. The lowest BCUT2D eigenvalue weighted by atomic mass is 10.0. The monoisotopic (exact) mass is 392 g/mol. The minimum Gasteiger partial charge on any atom is -0.493 e. The van der Waals surface area contributed by atoms with E-state index in [4.69, 9.17) is 31.5 Å². The highest BCUT2D eigenvalue weighted by Crippen LogP contribution is 2.39. The van der Waals surface area contributed by atoms with Gasteiger partial charge in [-0.15, -0.1) is 0 Å². The molecule has 8 heteroatoms. The molecule has 7 nitrogen and oxygen atoms in total. The number of benzene rings is 1. The first-order chi connectivity index (χ1) is 13.0. The average molecular weight is 393 g/mol. The number of ether oxygens (including phenoxy) is 3. The van der Waals surface area contributed by atoms with E-state index in [9.17, 15) is 0 Å². The van der Waals surface area contributed by atoms with Crippen LogP contribution in [0.3, 0.4) is 0 Å². The van der Waals surface area contributed by atoms with Gasteiger partial charge in [-0.3, -0.25) is 0 Å². The van der Waals surface area contributed by atoms with E-state index >= 15 is 0 Å². The van der Waals surface area contributed by atoms with Gasteiger partial charge in [0.2, 0.25) is 5.95 Å². The van der Waals surface area contributed by atoms with Crippen molar-refractivity contribution in [1.29, 1.82) is 0 Å². The molecule has 0 spiro atoms. The lowest BCUT2D eigenvalue weighted by molar-refractivity contribution is 0.134. The summed E-state index contributed by atoms with van der Waals surface area (Å²) in [5.74, 6) is 2.28. The molecule has 1 aromatic heterocycles. The molecule has 1 atom stereocenters. The van der Waals surface area contributed by atoms with Crippen molar-refractivity contribution < 1.29 is 14.2 Å². The molecule has 2 N–H and O–H groups in total. The van der Waals surface area contributed by atoms with Gasteiger partial charge in [0.15, 0.2) is 11.5 Å². The summed E-state index contributed by atoms with van der Waals surface area (Å²) >= 11 is 6.62. The highest BCUT2D eigenvalue weighted by atomic mass is 35.5. The molecule has 146 valence electrons. The van der Waals surface area contributed by atoms with E-state index in [0.29, 0.717) is 36.3 Å². The lowest BCUT2D eigenvalue weighted by Crippen LogP contribution is -2.32. The van der Waals surface area contributed by atoms with Crippen LogP contribution in [0, 0.1) is 6.92 Å². The Balaban J connectivity index is 2.05. The average Bonchev–Trinajstić information content (AvgIpc) is 2.87. The molecule has 0 unspecified atom stereocenters. The fraction of sp³-hybridized carbons (Fsp3) is 0.474. The molecule has 1 aromatic carbocycles. The number of methoxy groups -OCH3 is 1. The van der Waals surface area contributed by atoms with Crippen LogP contribution >= 0.6 is 11.6 Å². The number of hydrogen-bond donors (Lipinski definition) is 1. The van der Waals surface area contributed by atoms with Crippen molar-refractivity contribution in [2.24, 2.45) is 0 Å². The fourth-order valence-corrected chi connectivity index (χ4v) is 3.54. The van der Waals surface area contributed by atoms with E-state index in [0.717, 1.165) is 30.0 Å². The van der Waals surface area contributed by atoms with Gasteiger partial charge in [-0.2, -0.15) is 4.98 Å². The molecule has 0 saturated carbocycles. The van der Waals surface area contributed by atoms with Gasteiger partial charge >= 0.3 is 0 Å². The van der Waals surface area contributed by atoms with Crippen LogP contribution in [0.25, 0.3) is 0 Å². The highest BCUT2D eigenvalue weighted by Gasteiger charge is 2.28. The summed E-state index contributed by atoms with van der Waals surface area (Å²) in [7, 11) is 1.62. The Labute approximate surface area is 164 Å². The van der Waals surface area contributed by atoms with E-state index in [2.05, 4.69) is 14.9 Å². The van der Waals surface area contributed by atoms with E-state index in [1.54, 1.807) is 13.2 Å². The van der Waals surface area contributed by atoms with E-state index in [-0.39, 0.29) is 12.0 Å². The lowest BCUT2D eigenvalue weighted by Gasteiger charge is -2.32. The summed E-state index contributed by atoms with van der Waals surface area (Å²) in [5.41, 5.74) is 7.59. The number of rotatable bonds is 5. The maximum absolute atomic E-state index is 6.62. The minimum absolute atomic E-state index is 0.127. The fourth-order valence-electron chi connectivity index (χ4n) is 3.27. The maximum Gasteiger partial charge on any atom is 0.222 e. The second kappa shape index (κ2) is 8.63. The Bertz CT molecular complexity index is 783. The predicted molar refractivity (Wildman–Crippen MR) is 106 cm³/mol. The number of halogens is 1. The summed E-state index contributed by atoms with van der Waals surface area (Å²) < 4.78 is 17.0. The molecule has 0 amide bonds.